The first kappa shape index (κ1) is 18.0. The Hall–Kier alpha value is -1.34. The zero-order chi connectivity index (χ0) is 15.4. The second-order valence-electron chi connectivity index (χ2n) is 5.96. The van der Waals surface area contributed by atoms with Crippen LogP contribution in [0.25, 0.3) is 0 Å². The molecule has 0 unspecified atom stereocenters. The summed E-state index contributed by atoms with van der Waals surface area (Å²) in [5.74, 6) is 0. The van der Waals surface area contributed by atoms with Crippen molar-refractivity contribution < 1.29 is 0 Å². The Balaban J connectivity index is 0.00000192. The first-order chi connectivity index (χ1) is 10.7. The molecule has 0 amide bonds. The van der Waals surface area contributed by atoms with Crippen LogP contribution in [-0.4, -0.2) is 18.0 Å². The molecule has 0 saturated carbocycles. The lowest BCUT2D eigenvalue weighted by Crippen LogP contribution is -2.41. The lowest BCUT2D eigenvalue weighted by Gasteiger charge is -2.37. The van der Waals surface area contributed by atoms with Gasteiger partial charge in [0.25, 0.3) is 0 Å². The van der Waals surface area contributed by atoms with E-state index in [2.05, 4.69) is 63.3 Å². The van der Waals surface area contributed by atoms with E-state index in [1.54, 1.807) is 0 Å². The second kappa shape index (κ2) is 7.97. The minimum Gasteiger partial charge on any atom is -0.299 e. The van der Waals surface area contributed by atoms with Crippen LogP contribution in [0.4, 0.5) is 0 Å². The first-order valence-electron chi connectivity index (χ1n) is 7.65. The molecule has 0 aliphatic carbocycles. The van der Waals surface area contributed by atoms with Crippen LogP contribution in [0.1, 0.15) is 24.0 Å². The van der Waals surface area contributed by atoms with Crippen LogP contribution in [0.3, 0.4) is 0 Å². The maximum absolute atomic E-state index is 9.76. The van der Waals surface area contributed by atoms with Gasteiger partial charge in [0.1, 0.15) is 0 Å². The molecule has 2 aromatic rings. The van der Waals surface area contributed by atoms with E-state index < -0.39 is 0 Å². The molecule has 23 heavy (non-hydrogen) atoms. The van der Waals surface area contributed by atoms with Gasteiger partial charge >= 0.3 is 0 Å². The van der Waals surface area contributed by atoms with E-state index in [4.69, 9.17) is 0 Å². The minimum absolute atomic E-state index is 0. The molecule has 2 aromatic carbocycles. The van der Waals surface area contributed by atoms with Crippen molar-refractivity contribution >= 4 is 28.3 Å². The Bertz CT molecular complexity index is 656. The van der Waals surface area contributed by atoms with Gasteiger partial charge in [-0.15, -0.1) is 12.4 Å². The van der Waals surface area contributed by atoms with Gasteiger partial charge in [0.15, 0.2) is 0 Å². The van der Waals surface area contributed by atoms with Crippen LogP contribution in [0.15, 0.2) is 59.1 Å². The van der Waals surface area contributed by atoms with Crippen molar-refractivity contribution in [2.24, 2.45) is 0 Å². The molecule has 0 radical (unpaired) electrons. The zero-order valence-electron chi connectivity index (χ0n) is 12.9. The molecule has 1 heterocycles. The van der Waals surface area contributed by atoms with Crippen molar-refractivity contribution in [2.75, 3.05) is 13.1 Å². The molecule has 1 fully saturated rings. The number of halogens is 2. The molecule has 0 spiro atoms. The average Bonchev–Trinajstić information content (AvgIpc) is 2.57. The molecule has 1 saturated heterocycles. The summed E-state index contributed by atoms with van der Waals surface area (Å²) in [6.45, 7) is 2.92. The fourth-order valence-corrected chi connectivity index (χ4v) is 3.43. The predicted octanol–water partition coefficient (Wildman–Crippen LogP) is 4.93. The number of piperidine rings is 1. The summed E-state index contributed by atoms with van der Waals surface area (Å²) in [5.41, 5.74) is 2.17. The van der Waals surface area contributed by atoms with Crippen molar-refractivity contribution in [1.29, 1.82) is 5.26 Å². The molecule has 0 atom stereocenters. The molecule has 120 valence electrons. The highest BCUT2D eigenvalue weighted by molar-refractivity contribution is 9.10. The standard InChI is InChI=1S/C19H19BrN2.ClH/c20-18-8-6-17(7-9-18)19(15-21)10-12-22(13-11-19)14-16-4-2-1-3-5-16;/h1-9H,10-14H2;1H. The van der Waals surface area contributed by atoms with Crippen LogP contribution in [-0.2, 0) is 12.0 Å². The number of rotatable bonds is 3. The smallest absolute Gasteiger partial charge is 0.0846 e. The fraction of sp³-hybridized carbons (Fsp3) is 0.316. The number of likely N-dealkylation sites (tertiary alicyclic amines) is 1. The van der Waals surface area contributed by atoms with Gasteiger partial charge in [0, 0.05) is 24.1 Å². The van der Waals surface area contributed by atoms with E-state index >= 15 is 0 Å². The highest BCUT2D eigenvalue weighted by atomic mass is 79.9. The maximum Gasteiger partial charge on any atom is 0.0846 e. The number of hydrogen-bond acceptors (Lipinski definition) is 2. The van der Waals surface area contributed by atoms with Gasteiger partial charge in [-0.1, -0.05) is 58.4 Å². The predicted molar refractivity (Wildman–Crippen MR) is 99.6 cm³/mol. The molecular formula is C19H20BrClN2. The van der Waals surface area contributed by atoms with E-state index in [0.717, 1.165) is 42.5 Å². The van der Waals surface area contributed by atoms with Crippen molar-refractivity contribution in [2.45, 2.75) is 24.8 Å². The van der Waals surface area contributed by atoms with Gasteiger partial charge in [-0.2, -0.15) is 5.26 Å². The SMILES string of the molecule is Cl.N#CC1(c2ccc(Br)cc2)CCN(Cc2ccccc2)CC1. The van der Waals surface area contributed by atoms with E-state index in [1.807, 2.05) is 18.2 Å². The average molecular weight is 392 g/mol. The third-order valence-electron chi connectivity index (χ3n) is 4.57. The third kappa shape index (κ3) is 4.14. The Morgan fingerprint density at radius 1 is 1.00 bits per heavy atom. The molecule has 4 heteroatoms. The van der Waals surface area contributed by atoms with Crippen molar-refractivity contribution in [3.05, 3.63) is 70.2 Å². The Labute approximate surface area is 152 Å². The van der Waals surface area contributed by atoms with Gasteiger partial charge < -0.3 is 0 Å². The second-order valence-corrected chi connectivity index (χ2v) is 6.88. The summed E-state index contributed by atoms with van der Waals surface area (Å²) in [4.78, 5) is 2.45. The van der Waals surface area contributed by atoms with E-state index in [9.17, 15) is 5.26 Å². The lowest BCUT2D eigenvalue weighted by molar-refractivity contribution is 0.179. The summed E-state index contributed by atoms with van der Waals surface area (Å²) in [7, 11) is 0. The highest BCUT2D eigenvalue weighted by Crippen LogP contribution is 2.35. The quantitative estimate of drug-likeness (QED) is 0.742. The molecule has 0 N–H and O–H groups in total. The monoisotopic (exact) mass is 390 g/mol. The summed E-state index contributed by atoms with van der Waals surface area (Å²) >= 11 is 3.46. The summed E-state index contributed by atoms with van der Waals surface area (Å²) in [6, 6.07) is 21.4. The summed E-state index contributed by atoms with van der Waals surface area (Å²) < 4.78 is 1.06. The van der Waals surface area contributed by atoms with Gasteiger partial charge in [-0.05, 0) is 36.1 Å². The van der Waals surface area contributed by atoms with Crippen LogP contribution >= 0.6 is 28.3 Å². The lowest BCUT2D eigenvalue weighted by atomic mass is 9.74. The van der Waals surface area contributed by atoms with Crippen molar-refractivity contribution in [3.63, 3.8) is 0 Å². The fourth-order valence-electron chi connectivity index (χ4n) is 3.17. The van der Waals surface area contributed by atoms with Gasteiger partial charge in [-0.3, -0.25) is 4.90 Å². The number of nitriles is 1. The highest BCUT2D eigenvalue weighted by Gasteiger charge is 2.36. The number of hydrogen-bond donors (Lipinski definition) is 0. The largest absolute Gasteiger partial charge is 0.299 e. The molecule has 0 aromatic heterocycles. The summed E-state index contributed by atoms with van der Waals surface area (Å²) in [6.07, 6.45) is 1.80. The van der Waals surface area contributed by atoms with Gasteiger partial charge in [0.2, 0.25) is 0 Å². The molecule has 0 bridgehead atoms. The van der Waals surface area contributed by atoms with Crippen LogP contribution in [0.2, 0.25) is 0 Å². The minimum atomic E-state index is -0.326. The Morgan fingerprint density at radius 3 is 2.17 bits per heavy atom. The van der Waals surface area contributed by atoms with Crippen molar-refractivity contribution in [3.8, 4) is 6.07 Å². The van der Waals surface area contributed by atoms with Crippen LogP contribution in [0.5, 0.6) is 0 Å². The summed E-state index contributed by atoms with van der Waals surface area (Å²) in [5, 5.41) is 9.76. The zero-order valence-corrected chi connectivity index (χ0v) is 15.3. The first-order valence-corrected chi connectivity index (χ1v) is 8.45. The molecule has 2 nitrogen and oxygen atoms in total. The number of nitrogens with zero attached hydrogens (tertiary/aromatic N) is 2. The van der Waals surface area contributed by atoms with Gasteiger partial charge in [0.05, 0.1) is 11.5 Å². The molecule has 1 aliphatic rings. The topological polar surface area (TPSA) is 27.0 Å². The van der Waals surface area contributed by atoms with Crippen LogP contribution < -0.4 is 0 Å². The molecule has 1 aliphatic heterocycles. The van der Waals surface area contributed by atoms with E-state index in [-0.39, 0.29) is 17.8 Å². The van der Waals surface area contributed by atoms with Crippen molar-refractivity contribution in [1.82, 2.24) is 4.90 Å². The van der Waals surface area contributed by atoms with E-state index in [0.29, 0.717) is 0 Å². The van der Waals surface area contributed by atoms with E-state index in [1.165, 1.54) is 5.56 Å². The number of benzene rings is 2. The normalized spacial score (nSPS) is 17.0. The maximum atomic E-state index is 9.76. The van der Waals surface area contributed by atoms with Gasteiger partial charge in [-0.25, -0.2) is 0 Å². The third-order valence-corrected chi connectivity index (χ3v) is 5.10. The van der Waals surface area contributed by atoms with Crippen LogP contribution in [0, 0.1) is 11.3 Å². The Kier molecular flexibility index (Phi) is 6.24. The molecular weight excluding hydrogens is 372 g/mol. The molecule has 3 rings (SSSR count). The Morgan fingerprint density at radius 2 is 1.61 bits per heavy atom.